The van der Waals surface area contributed by atoms with Crippen LogP contribution in [-0.4, -0.2) is 17.2 Å². The lowest BCUT2D eigenvalue weighted by atomic mass is 9.80. The zero-order valence-corrected chi connectivity index (χ0v) is 10.5. The van der Waals surface area contributed by atoms with Gasteiger partial charge in [-0.25, -0.2) is 4.39 Å². The van der Waals surface area contributed by atoms with Crippen molar-refractivity contribution in [3.05, 3.63) is 59.4 Å². The van der Waals surface area contributed by atoms with Crippen molar-refractivity contribution < 1.29 is 19.2 Å². The van der Waals surface area contributed by atoms with Crippen LogP contribution in [0.4, 0.5) is 4.39 Å². The fraction of sp³-hybridized carbons (Fsp3) is 0.143. The third kappa shape index (κ3) is 3.81. The zero-order chi connectivity index (χ0) is 13.8. The molecule has 0 aliphatic rings. The minimum Gasteiger partial charge on any atom is -0.489 e. The molecule has 0 spiro atoms. The summed E-state index contributed by atoms with van der Waals surface area (Å²) in [6.07, 6.45) is 0. The van der Waals surface area contributed by atoms with Gasteiger partial charge >= 0.3 is 7.12 Å². The van der Waals surface area contributed by atoms with Gasteiger partial charge in [0.15, 0.2) is 0 Å². The molecule has 0 heterocycles. The first-order chi connectivity index (χ1) is 9.04. The molecule has 5 heteroatoms. The molecule has 0 amide bonds. The molecule has 0 unspecified atom stereocenters. The Labute approximate surface area is 111 Å². The molecule has 0 bridgehead atoms. The Balaban J connectivity index is 2.11. The summed E-state index contributed by atoms with van der Waals surface area (Å²) in [5.74, 6) is -0.297. The lowest BCUT2D eigenvalue weighted by Crippen LogP contribution is -2.30. The van der Waals surface area contributed by atoms with Crippen LogP contribution in [-0.2, 0) is 6.61 Å². The Bertz CT molecular complexity index is 572. The van der Waals surface area contributed by atoms with E-state index in [-0.39, 0.29) is 11.2 Å². The van der Waals surface area contributed by atoms with E-state index in [0.29, 0.717) is 6.61 Å². The van der Waals surface area contributed by atoms with Crippen molar-refractivity contribution >= 4 is 12.6 Å². The quantitative estimate of drug-likeness (QED) is 0.817. The van der Waals surface area contributed by atoms with Gasteiger partial charge in [0.05, 0.1) is 0 Å². The van der Waals surface area contributed by atoms with Crippen molar-refractivity contribution in [2.24, 2.45) is 0 Å². The van der Waals surface area contributed by atoms with E-state index < -0.39 is 12.9 Å². The molecule has 98 valence electrons. The van der Waals surface area contributed by atoms with Crippen LogP contribution in [0.5, 0.6) is 5.75 Å². The molecule has 2 N–H and O–H groups in total. The SMILES string of the molecule is Cc1cccc(COc2cc(F)cc(B(O)O)c2)c1. The maximum absolute atomic E-state index is 13.3. The summed E-state index contributed by atoms with van der Waals surface area (Å²) in [4.78, 5) is 0. The highest BCUT2D eigenvalue weighted by Gasteiger charge is 2.13. The number of benzene rings is 2. The summed E-state index contributed by atoms with van der Waals surface area (Å²) < 4.78 is 18.7. The number of aryl methyl sites for hydroxylation is 1. The fourth-order valence-electron chi connectivity index (χ4n) is 1.79. The fourth-order valence-corrected chi connectivity index (χ4v) is 1.79. The molecule has 0 saturated carbocycles. The van der Waals surface area contributed by atoms with Crippen LogP contribution >= 0.6 is 0 Å². The van der Waals surface area contributed by atoms with E-state index >= 15 is 0 Å². The van der Waals surface area contributed by atoms with E-state index in [0.717, 1.165) is 17.2 Å². The first kappa shape index (κ1) is 13.6. The third-order valence-electron chi connectivity index (χ3n) is 2.68. The predicted molar refractivity (Wildman–Crippen MR) is 71.7 cm³/mol. The molecule has 0 aliphatic heterocycles. The van der Waals surface area contributed by atoms with Crippen LogP contribution in [0.1, 0.15) is 11.1 Å². The molecule has 2 aromatic carbocycles. The topological polar surface area (TPSA) is 49.7 Å². The van der Waals surface area contributed by atoms with Crippen LogP contribution in [0.3, 0.4) is 0 Å². The second-order valence-electron chi connectivity index (χ2n) is 4.37. The van der Waals surface area contributed by atoms with Gasteiger partial charge in [-0.05, 0) is 30.1 Å². The van der Waals surface area contributed by atoms with Crippen molar-refractivity contribution in [2.75, 3.05) is 0 Å². The minimum atomic E-state index is -1.71. The van der Waals surface area contributed by atoms with Crippen molar-refractivity contribution in [1.82, 2.24) is 0 Å². The maximum Gasteiger partial charge on any atom is 0.488 e. The smallest absolute Gasteiger partial charge is 0.488 e. The lowest BCUT2D eigenvalue weighted by Gasteiger charge is -2.09. The van der Waals surface area contributed by atoms with Crippen LogP contribution < -0.4 is 10.2 Å². The average molecular weight is 260 g/mol. The van der Waals surface area contributed by atoms with Crippen molar-refractivity contribution in [1.29, 1.82) is 0 Å². The normalized spacial score (nSPS) is 10.3. The van der Waals surface area contributed by atoms with E-state index in [9.17, 15) is 4.39 Å². The molecule has 0 aliphatic carbocycles. The summed E-state index contributed by atoms with van der Waals surface area (Å²) in [6, 6.07) is 11.5. The van der Waals surface area contributed by atoms with Crippen molar-refractivity contribution in [2.45, 2.75) is 13.5 Å². The van der Waals surface area contributed by atoms with Gasteiger partial charge in [-0.15, -0.1) is 0 Å². The Morgan fingerprint density at radius 1 is 1.16 bits per heavy atom. The number of rotatable bonds is 4. The first-order valence-electron chi connectivity index (χ1n) is 5.89. The van der Waals surface area contributed by atoms with E-state index in [1.807, 2.05) is 31.2 Å². The van der Waals surface area contributed by atoms with Gasteiger partial charge in [-0.1, -0.05) is 29.8 Å². The third-order valence-corrected chi connectivity index (χ3v) is 2.68. The van der Waals surface area contributed by atoms with E-state index in [2.05, 4.69) is 0 Å². The van der Waals surface area contributed by atoms with Gasteiger partial charge in [0.1, 0.15) is 18.2 Å². The largest absolute Gasteiger partial charge is 0.489 e. The van der Waals surface area contributed by atoms with Crippen molar-refractivity contribution in [3.63, 3.8) is 0 Å². The van der Waals surface area contributed by atoms with Gasteiger partial charge in [-0.3, -0.25) is 0 Å². The van der Waals surface area contributed by atoms with Crippen LogP contribution in [0, 0.1) is 12.7 Å². The second-order valence-corrected chi connectivity index (χ2v) is 4.37. The molecule has 0 atom stereocenters. The summed E-state index contributed by atoms with van der Waals surface area (Å²) in [5.41, 5.74) is 2.15. The molecule has 2 rings (SSSR count). The molecule has 2 aromatic rings. The summed E-state index contributed by atoms with van der Waals surface area (Å²) in [6.45, 7) is 2.28. The molecule has 0 fully saturated rings. The van der Waals surface area contributed by atoms with E-state index in [1.54, 1.807) is 0 Å². The number of hydrogen-bond acceptors (Lipinski definition) is 3. The Morgan fingerprint density at radius 2 is 1.95 bits per heavy atom. The maximum atomic E-state index is 13.3. The van der Waals surface area contributed by atoms with Gasteiger partial charge in [-0.2, -0.15) is 0 Å². The van der Waals surface area contributed by atoms with Crippen LogP contribution in [0.25, 0.3) is 0 Å². The van der Waals surface area contributed by atoms with Crippen molar-refractivity contribution in [3.8, 4) is 5.75 Å². The molecule has 19 heavy (non-hydrogen) atoms. The lowest BCUT2D eigenvalue weighted by molar-refractivity contribution is 0.304. The zero-order valence-electron chi connectivity index (χ0n) is 10.5. The summed E-state index contributed by atoms with van der Waals surface area (Å²) in [7, 11) is -1.71. The highest BCUT2D eigenvalue weighted by Crippen LogP contribution is 2.14. The highest BCUT2D eigenvalue weighted by atomic mass is 19.1. The minimum absolute atomic E-state index is 0.0687. The molecule has 0 radical (unpaired) electrons. The number of halogens is 1. The van der Waals surface area contributed by atoms with Gasteiger partial charge < -0.3 is 14.8 Å². The summed E-state index contributed by atoms with van der Waals surface area (Å²) in [5, 5.41) is 18.1. The molecule has 0 saturated heterocycles. The van der Waals surface area contributed by atoms with E-state index in [1.165, 1.54) is 12.1 Å². The molecular weight excluding hydrogens is 246 g/mol. The summed E-state index contributed by atoms with van der Waals surface area (Å²) >= 11 is 0. The molecule has 3 nitrogen and oxygen atoms in total. The first-order valence-corrected chi connectivity index (χ1v) is 5.89. The second kappa shape index (κ2) is 5.86. The van der Waals surface area contributed by atoms with Gasteiger partial charge in [0.25, 0.3) is 0 Å². The molecule has 0 aromatic heterocycles. The number of ether oxygens (including phenoxy) is 1. The monoisotopic (exact) mass is 260 g/mol. The van der Waals surface area contributed by atoms with Crippen LogP contribution in [0.2, 0.25) is 0 Å². The number of hydrogen-bond donors (Lipinski definition) is 2. The van der Waals surface area contributed by atoms with Gasteiger partial charge in [0.2, 0.25) is 0 Å². The van der Waals surface area contributed by atoms with E-state index in [4.69, 9.17) is 14.8 Å². The Kier molecular flexibility index (Phi) is 4.19. The predicted octanol–water partition coefficient (Wildman–Crippen LogP) is 1.39. The highest BCUT2D eigenvalue weighted by molar-refractivity contribution is 6.58. The Morgan fingerprint density at radius 3 is 2.63 bits per heavy atom. The molecular formula is C14H14BFO3. The van der Waals surface area contributed by atoms with Crippen LogP contribution in [0.15, 0.2) is 42.5 Å². The Hall–Kier alpha value is -1.85. The standard InChI is InChI=1S/C14H14BFO3/c1-10-3-2-4-11(5-10)9-19-14-7-12(15(17)18)6-13(16)8-14/h2-8,17-18H,9H2,1H3. The van der Waals surface area contributed by atoms with Gasteiger partial charge in [0, 0.05) is 6.07 Å². The average Bonchev–Trinajstić information content (AvgIpc) is 2.36.